The van der Waals surface area contributed by atoms with Crippen LogP contribution in [-0.2, 0) is 4.79 Å². The molecule has 0 radical (unpaired) electrons. The Balaban J connectivity index is 0.00000242. The zero-order valence-electron chi connectivity index (χ0n) is 11.4. The van der Waals surface area contributed by atoms with Crippen LogP contribution in [0.1, 0.15) is 16.9 Å². The van der Waals surface area contributed by atoms with E-state index < -0.39 is 17.8 Å². The van der Waals surface area contributed by atoms with Gasteiger partial charge in [0.15, 0.2) is 5.96 Å². The highest BCUT2D eigenvalue weighted by Crippen LogP contribution is 2.24. The summed E-state index contributed by atoms with van der Waals surface area (Å²) in [6.07, 6.45) is -0.0771. The van der Waals surface area contributed by atoms with Crippen LogP contribution in [0.25, 0.3) is 10.9 Å². The van der Waals surface area contributed by atoms with Gasteiger partial charge >= 0.3 is 0 Å². The smallest absolute Gasteiger partial charge is 0.277 e. The molecule has 2 aromatic rings. The Labute approximate surface area is 137 Å². The lowest BCUT2D eigenvalue weighted by Crippen LogP contribution is -2.43. The van der Waals surface area contributed by atoms with Crippen LogP contribution < -0.4 is 11.5 Å². The summed E-state index contributed by atoms with van der Waals surface area (Å²) in [4.78, 5) is 27.1. The first-order chi connectivity index (χ1) is 9.90. The third-order valence-electron chi connectivity index (χ3n) is 2.96. The van der Waals surface area contributed by atoms with Gasteiger partial charge in [-0.2, -0.15) is 0 Å². The van der Waals surface area contributed by atoms with Gasteiger partial charge < -0.3 is 16.5 Å². The minimum Gasteiger partial charge on any atom is -0.370 e. The van der Waals surface area contributed by atoms with Gasteiger partial charge in [0.2, 0.25) is 5.91 Å². The van der Waals surface area contributed by atoms with E-state index >= 15 is 0 Å². The van der Waals surface area contributed by atoms with Crippen molar-refractivity contribution in [2.45, 2.75) is 6.42 Å². The second-order valence-electron chi connectivity index (χ2n) is 4.44. The molecule has 0 bridgehead atoms. The number of guanidine groups is 1. The number of amides is 2. The van der Waals surface area contributed by atoms with E-state index in [-0.39, 0.29) is 31.1 Å². The maximum absolute atomic E-state index is 12.4. The van der Waals surface area contributed by atoms with Crippen molar-refractivity contribution in [1.29, 1.82) is 5.41 Å². The highest BCUT2D eigenvalue weighted by Gasteiger charge is 2.21. The molecule has 1 aromatic heterocycles. The van der Waals surface area contributed by atoms with Crippen molar-refractivity contribution >= 4 is 52.7 Å². The van der Waals surface area contributed by atoms with Crippen LogP contribution in [0, 0.1) is 5.41 Å². The van der Waals surface area contributed by atoms with Crippen molar-refractivity contribution in [3.05, 3.63) is 35.0 Å². The summed E-state index contributed by atoms with van der Waals surface area (Å²) < 4.78 is 0. The number of carbonyl (C=O) groups is 2. The Kier molecular flexibility index (Phi) is 5.78. The highest BCUT2D eigenvalue weighted by molar-refractivity contribution is 6.35. The molecule has 0 unspecified atom stereocenters. The van der Waals surface area contributed by atoms with Gasteiger partial charge in [0.05, 0.1) is 0 Å². The highest BCUT2D eigenvalue weighted by atomic mass is 35.5. The molecule has 1 heterocycles. The first-order valence-corrected chi connectivity index (χ1v) is 6.49. The number of fused-ring (bicyclic) bond motifs is 1. The molecule has 6 N–H and O–H groups in total. The molecule has 0 saturated heterocycles. The molecule has 0 fully saturated rings. The molecule has 2 rings (SSSR count). The van der Waals surface area contributed by atoms with Gasteiger partial charge in [0.25, 0.3) is 5.91 Å². The molecule has 0 aliphatic rings. The van der Waals surface area contributed by atoms with Crippen LogP contribution in [0.3, 0.4) is 0 Å². The van der Waals surface area contributed by atoms with Crippen LogP contribution in [0.5, 0.6) is 0 Å². The molecule has 2 amide bonds. The van der Waals surface area contributed by atoms with Gasteiger partial charge in [-0.25, -0.2) is 0 Å². The summed E-state index contributed by atoms with van der Waals surface area (Å²) in [6.45, 7) is -0.0490. The van der Waals surface area contributed by atoms with Crippen molar-refractivity contribution in [3.63, 3.8) is 0 Å². The van der Waals surface area contributed by atoms with Crippen molar-refractivity contribution in [1.82, 2.24) is 9.88 Å². The molecular formula is C13H15Cl2N5O2. The maximum atomic E-state index is 12.4. The zero-order chi connectivity index (χ0) is 15.6. The number of hydrogen-bond acceptors (Lipinski definition) is 3. The van der Waals surface area contributed by atoms with Crippen LogP contribution in [0.15, 0.2) is 24.3 Å². The summed E-state index contributed by atoms with van der Waals surface area (Å²) >= 11 is 6.05. The molecule has 7 nitrogen and oxygen atoms in total. The predicted octanol–water partition coefficient (Wildman–Crippen LogP) is 1.45. The first-order valence-electron chi connectivity index (χ1n) is 6.11. The minimum atomic E-state index is -0.575. The Morgan fingerprint density at radius 2 is 2.00 bits per heavy atom. The average molecular weight is 344 g/mol. The van der Waals surface area contributed by atoms with Crippen molar-refractivity contribution in [2.24, 2.45) is 11.5 Å². The molecular weight excluding hydrogens is 329 g/mol. The maximum Gasteiger partial charge on any atom is 0.277 e. The normalized spacial score (nSPS) is 10.0. The number of nitrogens with one attached hydrogen (secondary N) is 2. The molecule has 22 heavy (non-hydrogen) atoms. The van der Waals surface area contributed by atoms with Crippen molar-refractivity contribution in [3.8, 4) is 0 Å². The fraction of sp³-hybridized carbons (Fsp3) is 0.154. The predicted molar refractivity (Wildman–Crippen MR) is 87.3 cm³/mol. The number of nitrogens with two attached hydrogens (primary N) is 2. The quantitative estimate of drug-likeness (QED) is 0.495. The summed E-state index contributed by atoms with van der Waals surface area (Å²) in [5, 5.41) is 8.65. The second kappa shape index (κ2) is 7.15. The van der Waals surface area contributed by atoms with Gasteiger partial charge in [0, 0.05) is 28.9 Å². The Hall–Kier alpha value is -2.25. The van der Waals surface area contributed by atoms with Crippen LogP contribution in [0.2, 0.25) is 5.02 Å². The van der Waals surface area contributed by atoms with Crippen molar-refractivity contribution < 1.29 is 9.59 Å². The second-order valence-corrected chi connectivity index (χ2v) is 4.85. The van der Waals surface area contributed by atoms with E-state index in [0.29, 0.717) is 15.9 Å². The molecule has 118 valence electrons. The number of benzene rings is 1. The zero-order valence-corrected chi connectivity index (χ0v) is 13.0. The number of aromatic amines is 1. The number of hydrogen-bond donors (Lipinski definition) is 4. The molecule has 0 atom stereocenters. The largest absolute Gasteiger partial charge is 0.370 e. The van der Waals surface area contributed by atoms with E-state index in [1.54, 1.807) is 24.3 Å². The summed E-state index contributed by atoms with van der Waals surface area (Å²) in [6, 6.07) is 6.83. The fourth-order valence-corrected chi connectivity index (χ4v) is 2.16. The first kappa shape index (κ1) is 17.8. The lowest BCUT2D eigenvalue weighted by atomic mass is 10.2. The summed E-state index contributed by atoms with van der Waals surface area (Å²) in [5.41, 5.74) is 11.4. The van der Waals surface area contributed by atoms with Gasteiger partial charge in [-0.15, -0.1) is 12.4 Å². The molecule has 0 saturated carbocycles. The lowest BCUT2D eigenvalue weighted by molar-refractivity contribution is -0.118. The molecule has 1 aromatic carbocycles. The number of rotatable bonds is 4. The molecule has 0 spiro atoms. The van der Waals surface area contributed by atoms with E-state index in [4.69, 9.17) is 28.5 Å². The van der Waals surface area contributed by atoms with Crippen LogP contribution in [0.4, 0.5) is 0 Å². The number of primary amides is 1. The SMILES string of the molecule is Cl.N=C(N)N(CCC(N)=O)C(=O)c1cc2c(Cl)cccc2[nH]1. The Morgan fingerprint density at radius 3 is 2.55 bits per heavy atom. The number of aromatic nitrogens is 1. The monoisotopic (exact) mass is 343 g/mol. The average Bonchev–Trinajstić information content (AvgIpc) is 2.83. The molecule has 0 aliphatic heterocycles. The minimum absolute atomic E-state index is 0. The number of halogens is 2. The van der Waals surface area contributed by atoms with Gasteiger partial charge in [-0.05, 0) is 18.2 Å². The molecule has 9 heteroatoms. The third-order valence-corrected chi connectivity index (χ3v) is 3.29. The van der Waals surface area contributed by atoms with Crippen LogP contribution in [-0.4, -0.2) is 34.2 Å². The van der Waals surface area contributed by atoms with Crippen molar-refractivity contribution in [2.75, 3.05) is 6.54 Å². The number of carbonyl (C=O) groups excluding carboxylic acids is 2. The van der Waals surface area contributed by atoms with E-state index in [1.165, 1.54) is 0 Å². The number of nitrogens with zero attached hydrogens (tertiary/aromatic N) is 1. The lowest BCUT2D eigenvalue weighted by Gasteiger charge is -2.19. The topological polar surface area (TPSA) is 129 Å². The van der Waals surface area contributed by atoms with Crippen LogP contribution >= 0.6 is 24.0 Å². The Bertz CT molecular complexity index is 728. The van der Waals surface area contributed by atoms with Gasteiger partial charge in [-0.3, -0.25) is 19.9 Å². The van der Waals surface area contributed by atoms with Gasteiger partial charge in [-0.1, -0.05) is 17.7 Å². The number of H-pyrrole nitrogens is 1. The van der Waals surface area contributed by atoms with E-state index in [2.05, 4.69) is 4.98 Å². The molecule has 0 aliphatic carbocycles. The van der Waals surface area contributed by atoms with E-state index in [0.717, 1.165) is 4.90 Å². The summed E-state index contributed by atoms with van der Waals surface area (Å²) in [5.74, 6) is -1.55. The standard InChI is InChI=1S/C13H14ClN5O2.ClH/c14-8-2-1-3-9-7(8)6-10(18-9)12(21)19(13(16)17)5-4-11(15)20;/h1-3,6,18H,4-5H2,(H2,15,20)(H3,16,17);1H. The summed E-state index contributed by atoms with van der Waals surface area (Å²) in [7, 11) is 0. The van der Waals surface area contributed by atoms with E-state index in [1.807, 2.05) is 0 Å². The Morgan fingerprint density at radius 1 is 1.32 bits per heavy atom. The van der Waals surface area contributed by atoms with E-state index in [9.17, 15) is 9.59 Å². The van der Waals surface area contributed by atoms with Gasteiger partial charge in [0.1, 0.15) is 5.69 Å². The third kappa shape index (κ3) is 3.69. The fourth-order valence-electron chi connectivity index (χ4n) is 1.93.